The summed E-state index contributed by atoms with van der Waals surface area (Å²) in [5, 5.41) is 0. The van der Waals surface area contributed by atoms with Crippen LogP contribution in [0, 0.1) is 11.6 Å². The first-order chi connectivity index (χ1) is 9.70. The van der Waals surface area contributed by atoms with Gasteiger partial charge in [0.1, 0.15) is 11.6 Å². The molecule has 0 nitrogen and oxygen atoms in total. The Morgan fingerprint density at radius 1 is 0.850 bits per heavy atom. The Bertz CT molecular complexity index is 544. The first-order valence-corrected chi connectivity index (χ1v) is 7.25. The van der Waals surface area contributed by atoms with Crippen LogP contribution >= 0.6 is 0 Å². The van der Waals surface area contributed by atoms with Gasteiger partial charge in [-0.25, -0.2) is 8.78 Å². The topological polar surface area (TPSA) is 0 Å². The normalized spacial score (nSPS) is 10.8. The molecule has 0 heterocycles. The summed E-state index contributed by atoms with van der Waals surface area (Å²) < 4.78 is 26.6. The van der Waals surface area contributed by atoms with Crippen LogP contribution in [0.4, 0.5) is 8.78 Å². The quantitative estimate of drug-likeness (QED) is 0.588. The van der Waals surface area contributed by atoms with Crippen LogP contribution in [0.15, 0.2) is 42.5 Å². The van der Waals surface area contributed by atoms with Crippen LogP contribution in [0.2, 0.25) is 0 Å². The number of hydrogen-bond donors (Lipinski definition) is 0. The molecule has 0 aliphatic carbocycles. The van der Waals surface area contributed by atoms with Crippen LogP contribution in [0.25, 0.3) is 11.1 Å². The summed E-state index contributed by atoms with van der Waals surface area (Å²) in [6, 6.07) is 11.6. The highest BCUT2D eigenvalue weighted by Crippen LogP contribution is 2.24. The van der Waals surface area contributed by atoms with Gasteiger partial charge < -0.3 is 0 Å². The molecule has 0 aliphatic rings. The summed E-state index contributed by atoms with van der Waals surface area (Å²) in [5.74, 6) is -1.06. The standard InChI is InChI=1S/C18H20F2/c1-2-3-4-5-6-14-7-9-15(10-8-14)17-12-11-16(19)13-18(17)20/h7-13H,2-6H2,1H3. The van der Waals surface area contributed by atoms with Crippen molar-refractivity contribution in [2.75, 3.05) is 0 Å². The second-order valence-corrected chi connectivity index (χ2v) is 5.13. The van der Waals surface area contributed by atoms with E-state index in [0.717, 1.165) is 18.1 Å². The van der Waals surface area contributed by atoms with Gasteiger partial charge in [0.2, 0.25) is 0 Å². The van der Waals surface area contributed by atoms with Gasteiger partial charge >= 0.3 is 0 Å². The molecule has 2 aromatic carbocycles. The summed E-state index contributed by atoms with van der Waals surface area (Å²) in [7, 11) is 0. The molecule has 0 spiro atoms. The van der Waals surface area contributed by atoms with Gasteiger partial charge in [-0.2, -0.15) is 0 Å². The molecule has 0 fully saturated rings. The molecule has 0 aliphatic heterocycles. The van der Waals surface area contributed by atoms with Crippen LogP contribution < -0.4 is 0 Å². The predicted molar refractivity (Wildman–Crippen MR) is 79.6 cm³/mol. The average molecular weight is 274 g/mol. The first-order valence-electron chi connectivity index (χ1n) is 7.25. The summed E-state index contributed by atoms with van der Waals surface area (Å²) in [6.45, 7) is 2.20. The fraction of sp³-hybridized carbons (Fsp3) is 0.333. The van der Waals surface area contributed by atoms with Crippen LogP contribution in [-0.2, 0) is 6.42 Å². The van der Waals surface area contributed by atoms with E-state index in [4.69, 9.17) is 0 Å². The average Bonchev–Trinajstić information content (AvgIpc) is 2.45. The number of aryl methyl sites for hydroxylation is 1. The van der Waals surface area contributed by atoms with Crippen molar-refractivity contribution in [3.63, 3.8) is 0 Å². The number of hydrogen-bond acceptors (Lipinski definition) is 0. The maximum Gasteiger partial charge on any atom is 0.133 e. The third-order valence-corrected chi connectivity index (χ3v) is 3.52. The minimum absolute atomic E-state index is 0.448. The van der Waals surface area contributed by atoms with Gasteiger partial charge in [0.05, 0.1) is 0 Å². The molecule has 0 atom stereocenters. The third kappa shape index (κ3) is 3.89. The van der Waals surface area contributed by atoms with E-state index in [9.17, 15) is 8.78 Å². The van der Waals surface area contributed by atoms with Gasteiger partial charge in [-0.15, -0.1) is 0 Å². The Morgan fingerprint density at radius 2 is 1.60 bits per heavy atom. The molecule has 2 aromatic rings. The SMILES string of the molecule is CCCCCCc1ccc(-c2ccc(F)cc2F)cc1. The van der Waals surface area contributed by atoms with E-state index in [-0.39, 0.29) is 0 Å². The molecule has 0 saturated heterocycles. The van der Waals surface area contributed by atoms with E-state index >= 15 is 0 Å². The highest BCUT2D eigenvalue weighted by atomic mass is 19.1. The fourth-order valence-electron chi connectivity index (χ4n) is 2.33. The molecule has 0 amide bonds. The highest BCUT2D eigenvalue weighted by Gasteiger charge is 2.06. The molecule has 0 unspecified atom stereocenters. The number of rotatable bonds is 6. The summed E-state index contributed by atoms with van der Waals surface area (Å²) in [4.78, 5) is 0. The lowest BCUT2D eigenvalue weighted by Gasteiger charge is -2.06. The van der Waals surface area contributed by atoms with Gasteiger partial charge in [0.25, 0.3) is 0 Å². The third-order valence-electron chi connectivity index (χ3n) is 3.52. The molecule has 0 bridgehead atoms. The molecular weight excluding hydrogens is 254 g/mol. The van der Waals surface area contributed by atoms with Crippen molar-refractivity contribution in [2.45, 2.75) is 39.0 Å². The van der Waals surface area contributed by atoms with Crippen LogP contribution in [-0.4, -0.2) is 0 Å². The van der Waals surface area contributed by atoms with E-state index in [1.807, 2.05) is 24.3 Å². The molecule has 20 heavy (non-hydrogen) atoms. The zero-order valence-corrected chi connectivity index (χ0v) is 11.8. The zero-order valence-electron chi connectivity index (χ0n) is 11.8. The van der Waals surface area contributed by atoms with Crippen LogP contribution in [0.1, 0.15) is 38.2 Å². The highest BCUT2D eigenvalue weighted by molar-refractivity contribution is 5.64. The van der Waals surface area contributed by atoms with E-state index in [1.54, 1.807) is 0 Å². The van der Waals surface area contributed by atoms with Crippen molar-refractivity contribution >= 4 is 0 Å². The smallest absolute Gasteiger partial charge is 0.133 e. The molecule has 0 N–H and O–H groups in total. The Labute approximate surface area is 119 Å². The second kappa shape index (κ2) is 7.18. The lowest BCUT2D eigenvalue weighted by molar-refractivity contribution is 0.585. The lowest BCUT2D eigenvalue weighted by Crippen LogP contribution is -1.89. The van der Waals surface area contributed by atoms with E-state index < -0.39 is 11.6 Å². The second-order valence-electron chi connectivity index (χ2n) is 5.13. The maximum atomic E-state index is 13.7. The van der Waals surface area contributed by atoms with Crippen molar-refractivity contribution in [2.24, 2.45) is 0 Å². The Kier molecular flexibility index (Phi) is 5.28. The van der Waals surface area contributed by atoms with Crippen molar-refractivity contribution in [1.29, 1.82) is 0 Å². The van der Waals surface area contributed by atoms with Crippen molar-refractivity contribution < 1.29 is 8.78 Å². The summed E-state index contributed by atoms with van der Waals surface area (Å²) in [5.41, 5.74) is 2.51. The zero-order chi connectivity index (χ0) is 14.4. The van der Waals surface area contributed by atoms with Gasteiger partial charge in [-0.1, -0.05) is 50.5 Å². The Balaban J connectivity index is 2.04. The molecule has 106 valence electrons. The predicted octanol–water partition coefficient (Wildman–Crippen LogP) is 5.75. The van der Waals surface area contributed by atoms with Gasteiger partial charge in [-0.05, 0) is 36.1 Å². The van der Waals surface area contributed by atoms with Gasteiger partial charge in [0.15, 0.2) is 0 Å². The Hall–Kier alpha value is -1.70. The van der Waals surface area contributed by atoms with Crippen molar-refractivity contribution in [1.82, 2.24) is 0 Å². The molecule has 0 aromatic heterocycles. The maximum absolute atomic E-state index is 13.7. The summed E-state index contributed by atoms with van der Waals surface area (Å²) >= 11 is 0. The number of halogens is 2. The van der Waals surface area contributed by atoms with E-state index in [1.165, 1.54) is 43.4 Å². The molecule has 2 heteroatoms. The van der Waals surface area contributed by atoms with Gasteiger partial charge in [-0.3, -0.25) is 0 Å². The monoisotopic (exact) mass is 274 g/mol. The van der Waals surface area contributed by atoms with E-state index in [2.05, 4.69) is 6.92 Å². The molecular formula is C18H20F2. The van der Waals surface area contributed by atoms with E-state index in [0.29, 0.717) is 5.56 Å². The number of unbranched alkanes of at least 4 members (excludes halogenated alkanes) is 3. The molecule has 0 radical (unpaired) electrons. The first kappa shape index (κ1) is 14.7. The van der Waals surface area contributed by atoms with Crippen molar-refractivity contribution in [3.8, 4) is 11.1 Å². The fourth-order valence-corrected chi connectivity index (χ4v) is 2.33. The van der Waals surface area contributed by atoms with Gasteiger partial charge in [0, 0.05) is 11.6 Å². The van der Waals surface area contributed by atoms with Crippen molar-refractivity contribution in [3.05, 3.63) is 59.7 Å². The lowest BCUT2D eigenvalue weighted by atomic mass is 10.0. The summed E-state index contributed by atoms with van der Waals surface area (Å²) in [6.07, 6.45) is 6.02. The molecule has 2 rings (SSSR count). The minimum Gasteiger partial charge on any atom is -0.207 e. The largest absolute Gasteiger partial charge is 0.207 e. The van der Waals surface area contributed by atoms with Crippen LogP contribution in [0.5, 0.6) is 0 Å². The molecule has 0 saturated carbocycles. The van der Waals surface area contributed by atoms with Crippen LogP contribution in [0.3, 0.4) is 0 Å². The number of benzene rings is 2. The Morgan fingerprint density at radius 3 is 2.25 bits per heavy atom. The minimum atomic E-state index is -0.543.